The van der Waals surface area contributed by atoms with Crippen LogP contribution in [-0.2, 0) is 13.5 Å². The summed E-state index contributed by atoms with van der Waals surface area (Å²) in [6.07, 6.45) is 4.51. The number of rotatable bonds is 4. The van der Waals surface area contributed by atoms with Crippen LogP contribution in [0, 0.1) is 5.92 Å². The van der Waals surface area contributed by atoms with Gasteiger partial charge >= 0.3 is 0 Å². The Hall–Kier alpha value is -1.90. The number of hydrogen-bond acceptors (Lipinski definition) is 2. The van der Waals surface area contributed by atoms with Gasteiger partial charge in [-0.2, -0.15) is 5.10 Å². The molecule has 0 spiro atoms. The average Bonchev–Trinajstić information content (AvgIpc) is 2.75. The van der Waals surface area contributed by atoms with Crippen molar-refractivity contribution >= 4 is 5.78 Å². The number of carbonyl (C=O) groups is 1. The summed E-state index contributed by atoms with van der Waals surface area (Å²) >= 11 is 0. The predicted octanol–water partition coefficient (Wildman–Crippen LogP) is 2.48. The number of carbonyl (C=O) groups excluding carboxylic acids is 1. The van der Waals surface area contributed by atoms with E-state index in [1.165, 1.54) is 0 Å². The van der Waals surface area contributed by atoms with Crippen molar-refractivity contribution in [1.29, 1.82) is 0 Å². The highest BCUT2D eigenvalue weighted by Crippen LogP contribution is 2.13. The lowest BCUT2D eigenvalue weighted by Crippen LogP contribution is -2.13. The van der Waals surface area contributed by atoms with Crippen molar-refractivity contribution in [1.82, 2.24) is 9.78 Å². The van der Waals surface area contributed by atoms with Gasteiger partial charge in [0.1, 0.15) is 0 Å². The second-order valence-electron chi connectivity index (χ2n) is 4.36. The van der Waals surface area contributed by atoms with Gasteiger partial charge in [0.25, 0.3) is 0 Å². The molecule has 0 fully saturated rings. The van der Waals surface area contributed by atoms with Crippen LogP contribution in [0.25, 0.3) is 0 Å². The molecule has 1 aromatic heterocycles. The van der Waals surface area contributed by atoms with Crippen molar-refractivity contribution in [2.45, 2.75) is 13.3 Å². The smallest absolute Gasteiger partial charge is 0.165 e. The number of aromatic nitrogens is 2. The van der Waals surface area contributed by atoms with Gasteiger partial charge in [-0.15, -0.1) is 0 Å². The van der Waals surface area contributed by atoms with Crippen molar-refractivity contribution in [3.8, 4) is 0 Å². The van der Waals surface area contributed by atoms with Crippen LogP contribution in [-0.4, -0.2) is 15.6 Å². The maximum Gasteiger partial charge on any atom is 0.165 e. The summed E-state index contributed by atoms with van der Waals surface area (Å²) in [4.78, 5) is 12.1. The number of benzene rings is 1. The molecule has 0 aliphatic carbocycles. The van der Waals surface area contributed by atoms with Crippen LogP contribution in [0.15, 0.2) is 42.7 Å². The number of Topliss-reactive ketones (excluding diaryl/α,β-unsaturated/α-hetero) is 1. The molecule has 0 saturated heterocycles. The zero-order valence-corrected chi connectivity index (χ0v) is 10.1. The lowest BCUT2D eigenvalue weighted by Gasteiger charge is -2.08. The molecule has 0 aliphatic heterocycles. The summed E-state index contributed by atoms with van der Waals surface area (Å²) in [7, 11) is 1.88. The molecule has 0 bridgehead atoms. The standard InChI is InChI=1S/C14H16N2O/c1-11(8-12-9-15-16(2)10-12)14(17)13-6-4-3-5-7-13/h3-7,9-11H,8H2,1-2H3. The van der Waals surface area contributed by atoms with E-state index >= 15 is 0 Å². The van der Waals surface area contributed by atoms with Crippen LogP contribution in [0.4, 0.5) is 0 Å². The minimum Gasteiger partial charge on any atom is -0.294 e. The van der Waals surface area contributed by atoms with E-state index in [0.717, 1.165) is 17.5 Å². The molecule has 88 valence electrons. The first kappa shape index (κ1) is 11.6. The van der Waals surface area contributed by atoms with Gasteiger partial charge < -0.3 is 0 Å². The van der Waals surface area contributed by atoms with Crippen LogP contribution < -0.4 is 0 Å². The quantitative estimate of drug-likeness (QED) is 0.753. The molecular formula is C14H16N2O. The van der Waals surface area contributed by atoms with Gasteiger partial charge in [0.15, 0.2) is 5.78 Å². The highest BCUT2D eigenvalue weighted by Gasteiger charge is 2.15. The van der Waals surface area contributed by atoms with Crippen molar-refractivity contribution in [2.24, 2.45) is 13.0 Å². The maximum atomic E-state index is 12.1. The molecule has 3 heteroatoms. The summed E-state index contributed by atoms with van der Waals surface area (Å²) < 4.78 is 1.76. The molecule has 2 rings (SSSR count). The molecule has 3 nitrogen and oxygen atoms in total. The summed E-state index contributed by atoms with van der Waals surface area (Å²) in [5, 5.41) is 4.11. The van der Waals surface area contributed by atoms with E-state index in [1.807, 2.05) is 56.7 Å². The van der Waals surface area contributed by atoms with E-state index in [4.69, 9.17) is 0 Å². The zero-order chi connectivity index (χ0) is 12.3. The zero-order valence-electron chi connectivity index (χ0n) is 10.1. The van der Waals surface area contributed by atoms with Crippen LogP contribution in [0.1, 0.15) is 22.8 Å². The van der Waals surface area contributed by atoms with E-state index in [2.05, 4.69) is 5.10 Å². The monoisotopic (exact) mass is 228 g/mol. The Morgan fingerprint density at radius 1 is 1.35 bits per heavy atom. The Morgan fingerprint density at radius 3 is 2.65 bits per heavy atom. The minimum atomic E-state index is -0.0124. The summed E-state index contributed by atoms with van der Waals surface area (Å²) in [6, 6.07) is 9.43. The average molecular weight is 228 g/mol. The van der Waals surface area contributed by atoms with Crippen LogP contribution >= 0.6 is 0 Å². The Labute approximate surface area is 101 Å². The van der Waals surface area contributed by atoms with Gasteiger partial charge in [0.05, 0.1) is 6.20 Å². The number of nitrogens with zero attached hydrogens (tertiary/aromatic N) is 2. The fourth-order valence-electron chi connectivity index (χ4n) is 1.91. The third-order valence-corrected chi connectivity index (χ3v) is 2.81. The second-order valence-corrected chi connectivity index (χ2v) is 4.36. The van der Waals surface area contributed by atoms with Crippen LogP contribution in [0.2, 0.25) is 0 Å². The Balaban J connectivity index is 2.06. The van der Waals surface area contributed by atoms with Crippen molar-refractivity contribution < 1.29 is 4.79 Å². The van der Waals surface area contributed by atoms with Gasteiger partial charge in [-0.1, -0.05) is 37.3 Å². The molecule has 1 atom stereocenters. The third kappa shape index (κ3) is 2.81. The van der Waals surface area contributed by atoms with Crippen molar-refractivity contribution in [3.05, 3.63) is 53.9 Å². The highest BCUT2D eigenvalue weighted by atomic mass is 16.1. The topological polar surface area (TPSA) is 34.9 Å². The van der Waals surface area contributed by atoms with E-state index in [0.29, 0.717) is 0 Å². The van der Waals surface area contributed by atoms with Crippen molar-refractivity contribution in [2.75, 3.05) is 0 Å². The van der Waals surface area contributed by atoms with Gasteiger partial charge in [-0.25, -0.2) is 0 Å². The third-order valence-electron chi connectivity index (χ3n) is 2.81. The first-order valence-electron chi connectivity index (χ1n) is 5.73. The first-order valence-corrected chi connectivity index (χ1v) is 5.73. The van der Waals surface area contributed by atoms with Crippen LogP contribution in [0.5, 0.6) is 0 Å². The van der Waals surface area contributed by atoms with Gasteiger partial charge in [0.2, 0.25) is 0 Å². The summed E-state index contributed by atoms with van der Waals surface area (Å²) in [5.41, 5.74) is 1.88. The molecule has 1 heterocycles. The van der Waals surface area contributed by atoms with Gasteiger partial charge in [-0.3, -0.25) is 9.48 Å². The van der Waals surface area contributed by atoms with Crippen molar-refractivity contribution in [3.63, 3.8) is 0 Å². The normalized spacial score (nSPS) is 12.4. The molecule has 0 radical (unpaired) electrons. The number of hydrogen-bond donors (Lipinski definition) is 0. The molecule has 1 unspecified atom stereocenters. The molecule has 0 aliphatic rings. The first-order chi connectivity index (χ1) is 8.16. The highest BCUT2D eigenvalue weighted by molar-refractivity contribution is 5.97. The SMILES string of the molecule is CC(Cc1cnn(C)c1)C(=O)c1ccccc1. The second kappa shape index (κ2) is 4.95. The molecular weight excluding hydrogens is 212 g/mol. The molecule has 0 N–H and O–H groups in total. The van der Waals surface area contributed by atoms with Gasteiger partial charge in [-0.05, 0) is 12.0 Å². The fourth-order valence-corrected chi connectivity index (χ4v) is 1.91. The molecule has 0 amide bonds. The largest absolute Gasteiger partial charge is 0.294 e. The molecule has 17 heavy (non-hydrogen) atoms. The summed E-state index contributed by atoms with van der Waals surface area (Å²) in [6.45, 7) is 1.96. The predicted molar refractivity (Wildman–Crippen MR) is 66.8 cm³/mol. The van der Waals surface area contributed by atoms with E-state index in [-0.39, 0.29) is 11.7 Å². The Kier molecular flexibility index (Phi) is 3.38. The summed E-state index contributed by atoms with van der Waals surface area (Å²) in [5.74, 6) is 0.177. The minimum absolute atomic E-state index is 0.0124. The lowest BCUT2D eigenvalue weighted by molar-refractivity contribution is 0.0929. The lowest BCUT2D eigenvalue weighted by atomic mass is 9.94. The Bertz CT molecular complexity index is 502. The molecule has 1 aromatic carbocycles. The maximum absolute atomic E-state index is 12.1. The van der Waals surface area contributed by atoms with E-state index < -0.39 is 0 Å². The van der Waals surface area contributed by atoms with E-state index in [1.54, 1.807) is 4.68 Å². The molecule has 2 aromatic rings. The molecule has 0 saturated carbocycles. The number of aryl methyl sites for hydroxylation is 1. The van der Waals surface area contributed by atoms with E-state index in [9.17, 15) is 4.79 Å². The Morgan fingerprint density at radius 2 is 2.06 bits per heavy atom. The number of ketones is 1. The van der Waals surface area contributed by atoms with Gasteiger partial charge in [0, 0.05) is 24.7 Å². The fraction of sp³-hybridized carbons (Fsp3) is 0.286. The van der Waals surface area contributed by atoms with Crippen LogP contribution in [0.3, 0.4) is 0 Å².